The molecule has 142 valence electrons. The molecule has 0 saturated carbocycles. The van der Waals surface area contributed by atoms with Crippen molar-refractivity contribution in [3.8, 4) is 5.75 Å². The summed E-state index contributed by atoms with van der Waals surface area (Å²) in [5.74, 6) is 0.635. The molecule has 1 saturated heterocycles. The van der Waals surface area contributed by atoms with Crippen molar-refractivity contribution in [1.82, 2.24) is 5.32 Å². The quantitative estimate of drug-likeness (QED) is 0.854. The summed E-state index contributed by atoms with van der Waals surface area (Å²) >= 11 is 0. The van der Waals surface area contributed by atoms with Crippen molar-refractivity contribution in [3.05, 3.63) is 59.2 Å². The number of amides is 2. The number of carbonyl (C=O) groups is 2. The molecule has 2 aromatic rings. The summed E-state index contributed by atoms with van der Waals surface area (Å²) in [6, 6.07) is 13.3. The second kappa shape index (κ2) is 8.25. The Balaban J connectivity index is 1.58. The summed E-state index contributed by atoms with van der Waals surface area (Å²) in [7, 11) is 1.62. The summed E-state index contributed by atoms with van der Waals surface area (Å²) in [5.41, 5.74) is 4.15. The van der Waals surface area contributed by atoms with Crippen molar-refractivity contribution < 1.29 is 14.3 Å². The molecule has 1 unspecified atom stereocenters. The SMILES string of the molecule is COc1ccccc1CCC(=O)NC1CCN(c2cc(C)cc(C)c2)C1=O. The van der Waals surface area contributed by atoms with Crippen LogP contribution in [-0.4, -0.2) is 31.5 Å². The Morgan fingerprint density at radius 3 is 2.59 bits per heavy atom. The molecule has 0 aliphatic carbocycles. The maximum Gasteiger partial charge on any atom is 0.249 e. The van der Waals surface area contributed by atoms with Gasteiger partial charge >= 0.3 is 0 Å². The fourth-order valence-corrected chi connectivity index (χ4v) is 3.60. The van der Waals surface area contributed by atoms with Crippen LogP contribution in [0.5, 0.6) is 5.75 Å². The molecule has 0 aromatic heterocycles. The van der Waals surface area contributed by atoms with Gasteiger partial charge in [-0.15, -0.1) is 0 Å². The van der Waals surface area contributed by atoms with Crippen LogP contribution in [0.15, 0.2) is 42.5 Å². The van der Waals surface area contributed by atoms with Crippen LogP contribution in [0.1, 0.15) is 29.5 Å². The summed E-state index contributed by atoms with van der Waals surface area (Å²) in [5, 5.41) is 2.89. The third-order valence-corrected chi connectivity index (χ3v) is 4.87. The van der Waals surface area contributed by atoms with Crippen molar-refractivity contribution in [2.45, 2.75) is 39.2 Å². The normalized spacial score (nSPS) is 16.5. The highest BCUT2D eigenvalue weighted by Crippen LogP contribution is 2.24. The molecule has 1 heterocycles. The molecule has 1 aliphatic heterocycles. The zero-order chi connectivity index (χ0) is 19.4. The number of hydrogen-bond donors (Lipinski definition) is 1. The number of nitrogens with zero attached hydrogens (tertiary/aromatic N) is 1. The van der Waals surface area contributed by atoms with Gasteiger partial charge in [-0.2, -0.15) is 0 Å². The lowest BCUT2D eigenvalue weighted by Crippen LogP contribution is -2.41. The number of anilines is 1. The van der Waals surface area contributed by atoms with Crippen LogP contribution >= 0.6 is 0 Å². The molecule has 27 heavy (non-hydrogen) atoms. The summed E-state index contributed by atoms with van der Waals surface area (Å²) in [6.45, 7) is 4.67. The van der Waals surface area contributed by atoms with Gasteiger partial charge < -0.3 is 15.0 Å². The molecular formula is C22H26N2O3. The number of carbonyl (C=O) groups excluding carboxylic acids is 2. The van der Waals surface area contributed by atoms with Crippen LogP contribution in [0, 0.1) is 13.8 Å². The van der Waals surface area contributed by atoms with E-state index >= 15 is 0 Å². The van der Waals surface area contributed by atoms with Crippen LogP contribution < -0.4 is 15.0 Å². The molecule has 2 amide bonds. The van der Waals surface area contributed by atoms with Crippen LogP contribution in [0.3, 0.4) is 0 Å². The van der Waals surface area contributed by atoms with E-state index in [2.05, 4.69) is 11.4 Å². The smallest absolute Gasteiger partial charge is 0.249 e. The molecule has 5 heteroatoms. The minimum atomic E-state index is -0.448. The number of ether oxygens (including phenoxy) is 1. The van der Waals surface area contributed by atoms with Gasteiger partial charge in [-0.1, -0.05) is 24.3 Å². The van der Waals surface area contributed by atoms with E-state index in [1.165, 1.54) is 0 Å². The Morgan fingerprint density at radius 1 is 1.19 bits per heavy atom. The average molecular weight is 366 g/mol. The minimum absolute atomic E-state index is 0.0364. The number of aryl methyl sites for hydroxylation is 3. The number of benzene rings is 2. The zero-order valence-corrected chi connectivity index (χ0v) is 16.1. The highest BCUT2D eigenvalue weighted by molar-refractivity contribution is 6.01. The lowest BCUT2D eigenvalue weighted by atomic mass is 10.1. The number of methoxy groups -OCH3 is 1. The van der Waals surface area contributed by atoms with Gasteiger partial charge in [0.2, 0.25) is 11.8 Å². The van der Waals surface area contributed by atoms with Gasteiger partial charge in [-0.05, 0) is 61.6 Å². The van der Waals surface area contributed by atoms with Crippen molar-refractivity contribution in [1.29, 1.82) is 0 Å². The summed E-state index contributed by atoms with van der Waals surface area (Å²) in [6.07, 6.45) is 1.54. The number of rotatable bonds is 6. The van der Waals surface area contributed by atoms with Crippen molar-refractivity contribution in [2.24, 2.45) is 0 Å². The fraction of sp³-hybridized carbons (Fsp3) is 0.364. The second-order valence-electron chi connectivity index (χ2n) is 7.06. The molecule has 0 spiro atoms. The lowest BCUT2D eigenvalue weighted by molar-refractivity contribution is -0.126. The van der Waals surface area contributed by atoms with E-state index in [1.807, 2.05) is 50.2 Å². The Hall–Kier alpha value is -2.82. The third kappa shape index (κ3) is 4.48. The predicted molar refractivity (Wildman–Crippen MR) is 106 cm³/mol. The number of nitrogens with one attached hydrogen (secondary N) is 1. The van der Waals surface area contributed by atoms with Gasteiger partial charge in [0, 0.05) is 18.7 Å². The van der Waals surface area contributed by atoms with E-state index in [9.17, 15) is 9.59 Å². The first kappa shape index (κ1) is 19.0. The maximum atomic E-state index is 12.7. The molecule has 0 radical (unpaired) electrons. The van der Waals surface area contributed by atoms with Crippen molar-refractivity contribution >= 4 is 17.5 Å². The van der Waals surface area contributed by atoms with Crippen LogP contribution in [0.25, 0.3) is 0 Å². The van der Waals surface area contributed by atoms with E-state index in [1.54, 1.807) is 12.0 Å². The van der Waals surface area contributed by atoms with E-state index in [0.29, 0.717) is 25.8 Å². The Labute approximate surface area is 160 Å². The van der Waals surface area contributed by atoms with Gasteiger partial charge in [-0.3, -0.25) is 9.59 Å². The number of hydrogen-bond acceptors (Lipinski definition) is 3. The Bertz CT molecular complexity index is 827. The largest absolute Gasteiger partial charge is 0.496 e. The van der Waals surface area contributed by atoms with Gasteiger partial charge in [0.05, 0.1) is 7.11 Å². The van der Waals surface area contributed by atoms with Crippen LogP contribution in [0.2, 0.25) is 0 Å². The molecule has 1 aliphatic rings. The third-order valence-electron chi connectivity index (χ3n) is 4.87. The molecule has 1 fully saturated rings. The maximum absolute atomic E-state index is 12.7. The Kier molecular flexibility index (Phi) is 5.79. The standard InChI is InChI=1S/C22H26N2O3/c1-15-12-16(2)14-18(13-15)24-11-10-19(22(24)26)23-21(25)9-8-17-6-4-5-7-20(17)27-3/h4-7,12-14,19H,8-11H2,1-3H3,(H,23,25). The van der Waals surface area contributed by atoms with Crippen LogP contribution in [0.4, 0.5) is 5.69 Å². The second-order valence-corrected chi connectivity index (χ2v) is 7.06. The van der Waals surface area contributed by atoms with E-state index in [4.69, 9.17) is 4.74 Å². The summed E-state index contributed by atoms with van der Waals surface area (Å²) < 4.78 is 5.32. The Morgan fingerprint density at radius 2 is 1.89 bits per heavy atom. The first-order chi connectivity index (χ1) is 13.0. The first-order valence-corrected chi connectivity index (χ1v) is 9.29. The van der Waals surface area contributed by atoms with Gasteiger partial charge in [0.15, 0.2) is 0 Å². The predicted octanol–water partition coefficient (Wildman–Crippen LogP) is 3.17. The fourth-order valence-electron chi connectivity index (χ4n) is 3.60. The topological polar surface area (TPSA) is 58.6 Å². The zero-order valence-electron chi connectivity index (χ0n) is 16.1. The van der Waals surface area contributed by atoms with Gasteiger partial charge in [0.25, 0.3) is 0 Å². The monoisotopic (exact) mass is 366 g/mol. The molecule has 2 aromatic carbocycles. The lowest BCUT2D eigenvalue weighted by Gasteiger charge is -2.18. The van der Waals surface area contributed by atoms with Gasteiger partial charge in [0.1, 0.15) is 11.8 Å². The molecule has 1 N–H and O–H groups in total. The highest BCUT2D eigenvalue weighted by atomic mass is 16.5. The van der Waals surface area contributed by atoms with E-state index in [0.717, 1.165) is 28.1 Å². The molecule has 5 nitrogen and oxygen atoms in total. The minimum Gasteiger partial charge on any atom is -0.496 e. The van der Waals surface area contributed by atoms with Gasteiger partial charge in [-0.25, -0.2) is 0 Å². The molecule has 3 rings (SSSR count). The van der Waals surface area contributed by atoms with Crippen LogP contribution in [-0.2, 0) is 16.0 Å². The molecule has 0 bridgehead atoms. The number of para-hydroxylation sites is 1. The van der Waals surface area contributed by atoms with Crippen molar-refractivity contribution in [3.63, 3.8) is 0 Å². The van der Waals surface area contributed by atoms with Crippen molar-refractivity contribution in [2.75, 3.05) is 18.6 Å². The first-order valence-electron chi connectivity index (χ1n) is 9.29. The molecule has 1 atom stereocenters. The summed E-state index contributed by atoms with van der Waals surface area (Å²) in [4.78, 5) is 26.8. The molecular weight excluding hydrogens is 340 g/mol. The van der Waals surface area contributed by atoms with E-state index in [-0.39, 0.29) is 11.8 Å². The van der Waals surface area contributed by atoms with E-state index < -0.39 is 6.04 Å². The highest BCUT2D eigenvalue weighted by Gasteiger charge is 2.33. The average Bonchev–Trinajstić information content (AvgIpc) is 3.00.